The molecule has 9 heteroatoms. The number of amides is 1. The van der Waals surface area contributed by atoms with Gasteiger partial charge in [-0.25, -0.2) is 4.68 Å². The minimum atomic E-state index is -0.557. The van der Waals surface area contributed by atoms with Crippen LogP contribution in [0.5, 0.6) is 5.75 Å². The van der Waals surface area contributed by atoms with Gasteiger partial charge in [0.25, 0.3) is 5.91 Å². The number of carbonyl (C=O) groups excluding carboxylic acids is 1. The molecule has 1 amide bonds. The maximum absolute atomic E-state index is 12.3. The van der Waals surface area contributed by atoms with Crippen LogP contribution in [0.3, 0.4) is 0 Å². The van der Waals surface area contributed by atoms with Crippen molar-refractivity contribution >= 4 is 33.3 Å². The highest BCUT2D eigenvalue weighted by Crippen LogP contribution is 2.26. The SMILES string of the molecule is Cc1cc(NC(=O)COc2ccccc2[N+](=O)[O-])n(-c2cccc(Br)c2)n1. The average Bonchev–Trinajstić information content (AvgIpc) is 3.00. The van der Waals surface area contributed by atoms with Crippen LogP contribution in [-0.4, -0.2) is 27.2 Å². The molecule has 1 aromatic heterocycles. The second-order valence-electron chi connectivity index (χ2n) is 5.62. The fourth-order valence-electron chi connectivity index (χ4n) is 2.45. The number of hydrogen-bond donors (Lipinski definition) is 1. The minimum absolute atomic E-state index is 0.0364. The van der Waals surface area contributed by atoms with Gasteiger partial charge in [0, 0.05) is 16.6 Å². The van der Waals surface area contributed by atoms with Gasteiger partial charge in [0.15, 0.2) is 12.4 Å². The van der Waals surface area contributed by atoms with Crippen molar-refractivity contribution in [2.24, 2.45) is 0 Å². The molecular weight excluding hydrogens is 416 g/mol. The van der Waals surface area contributed by atoms with Crippen LogP contribution in [0, 0.1) is 17.0 Å². The summed E-state index contributed by atoms with van der Waals surface area (Å²) in [5.41, 5.74) is 1.30. The van der Waals surface area contributed by atoms with E-state index in [4.69, 9.17) is 4.74 Å². The molecule has 0 aliphatic heterocycles. The second kappa shape index (κ2) is 8.00. The number of para-hydroxylation sites is 2. The number of aromatic nitrogens is 2. The third-order valence-corrected chi connectivity index (χ3v) is 4.07. The molecule has 0 saturated heterocycles. The van der Waals surface area contributed by atoms with E-state index in [1.807, 2.05) is 31.2 Å². The molecule has 1 N–H and O–H groups in total. The number of halogens is 1. The number of nitrogens with one attached hydrogen (secondary N) is 1. The Morgan fingerprint density at radius 1 is 1.26 bits per heavy atom. The van der Waals surface area contributed by atoms with Gasteiger partial charge >= 0.3 is 5.69 Å². The number of anilines is 1. The number of rotatable bonds is 6. The van der Waals surface area contributed by atoms with Gasteiger partial charge in [-0.2, -0.15) is 5.10 Å². The van der Waals surface area contributed by atoms with E-state index in [0.717, 1.165) is 15.9 Å². The van der Waals surface area contributed by atoms with Crippen LogP contribution < -0.4 is 10.1 Å². The standard InChI is InChI=1S/C18H15BrN4O4/c1-12-9-17(22(21-12)14-6-4-5-13(19)10-14)20-18(24)11-27-16-8-3-2-7-15(16)23(25)26/h2-10H,11H2,1H3,(H,20,24). The van der Waals surface area contributed by atoms with Crippen LogP contribution in [-0.2, 0) is 4.79 Å². The van der Waals surface area contributed by atoms with Gasteiger partial charge in [-0.3, -0.25) is 14.9 Å². The normalized spacial score (nSPS) is 10.4. The summed E-state index contributed by atoms with van der Waals surface area (Å²) in [7, 11) is 0. The van der Waals surface area contributed by atoms with E-state index in [9.17, 15) is 14.9 Å². The summed E-state index contributed by atoms with van der Waals surface area (Å²) in [4.78, 5) is 22.7. The first kappa shape index (κ1) is 18.6. The lowest BCUT2D eigenvalue weighted by molar-refractivity contribution is -0.385. The van der Waals surface area contributed by atoms with Crippen LogP contribution in [0.15, 0.2) is 59.1 Å². The number of hydrogen-bond acceptors (Lipinski definition) is 5. The number of carbonyl (C=O) groups is 1. The molecule has 0 aliphatic rings. The Hall–Kier alpha value is -3.20. The average molecular weight is 431 g/mol. The number of nitro benzene ring substituents is 1. The maximum Gasteiger partial charge on any atom is 0.310 e. The van der Waals surface area contributed by atoms with Gasteiger partial charge < -0.3 is 10.1 Å². The molecule has 138 valence electrons. The molecule has 0 aliphatic carbocycles. The highest BCUT2D eigenvalue weighted by Gasteiger charge is 2.16. The Bertz CT molecular complexity index is 1000. The van der Waals surface area contributed by atoms with Crippen LogP contribution in [0.4, 0.5) is 11.5 Å². The van der Waals surface area contributed by atoms with Crippen molar-refractivity contribution in [2.45, 2.75) is 6.92 Å². The molecule has 0 saturated carbocycles. The first-order valence-corrected chi connectivity index (χ1v) is 8.72. The number of nitrogens with zero attached hydrogens (tertiary/aromatic N) is 3. The smallest absolute Gasteiger partial charge is 0.310 e. The van der Waals surface area contributed by atoms with Gasteiger partial charge in [0.05, 0.1) is 16.3 Å². The van der Waals surface area contributed by atoms with Crippen LogP contribution in [0.2, 0.25) is 0 Å². The number of nitro groups is 1. The number of aryl methyl sites for hydroxylation is 1. The lowest BCUT2D eigenvalue weighted by Crippen LogP contribution is -2.22. The van der Waals surface area contributed by atoms with Crippen molar-refractivity contribution in [1.82, 2.24) is 9.78 Å². The lowest BCUT2D eigenvalue weighted by Gasteiger charge is -2.10. The van der Waals surface area contributed by atoms with E-state index in [1.165, 1.54) is 18.2 Å². The van der Waals surface area contributed by atoms with Gasteiger partial charge in [-0.05, 0) is 31.2 Å². The molecule has 0 fully saturated rings. The monoisotopic (exact) mass is 430 g/mol. The summed E-state index contributed by atoms with van der Waals surface area (Å²) >= 11 is 3.41. The fourth-order valence-corrected chi connectivity index (χ4v) is 2.83. The van der Waals surface area contributed by atoms with E-state index in [0.29, 0.717) is 5.82 Å². The van der Waals surface area contributed by atoms with Crippen molar-refractivity contribution < 1.29 is 14.5 Å². The van der Waals surface area contributed by atoms with Gasteiger partial charge in [-0.15, -0.1) is 0 Å². The van der Waals surface area contributed by atoms with Crippen LogP contribution >= 0.6 is 15.9 Å². The first-order valence-electron chi connectivity index (χ1n) is 7.93. The molecule has 27 heavy (non-hydrogen) atoms. The third-order valence-electron chi connectivity index (χ3n) is 3.57. The van der Waals surface area contributed by atoms with E-state index in [2.05, 4.69) is 26.3 Å². The molecule has 0 bridgehead atoms. The predicted molar refractivity (Wildman–Crippen MR) is 103 cm³/mol. The zero-order chi connectivity index (χ0) is 19.4. The Morgan fingerprint density at radius 2 is 2.04 bits per heavy atom. The Balaban J connectivity index is 1.73. The molecule has 0 spiro atoms. The van der Waals surface area contributed by atoms with Crippen LogP contribution in [0.1, 0.15) is 5.69 Å². The minimum Gasteiger partial charge on any atom is -0.477 e. The molecule has 2 aromatic carbocycles. The maximum atomic E-state index is 12.3. The van der Waals surface area contributed by atoms with E-state index < -0.39 is 10.8 Å². The summed E-state index contributed by atoms with van der Waals surface area (Å²) in [5.74, 6) is 0.0559. The van der Waals surface area contributed by atoms with Gasteiger partial charge in [0.1, 0.15) is 5.82 Å². The first-order chi connectivity index (χ1) is 12.9. The quantitative estimate of drug-likeness (QED) is 0.472. The topological polar surface area (TPSA) is 99.3 Å². The Kier molecular flexibility index (Phi) is 5.51. The van der Waals surface area contributed by atoms with E-state index >= 15 is 0 Å². The van der Waals surface area contributed by atoms with E-state index in [-0.39, 0.29) is 18.0 Å². The third kappa shape index (κ3) is 4.50. The molecule has 0 radical (unpaired) electrons. The summed E-state index contributed by atoms with van der Waals surface area (Å²) in [6.07, 6.45) is 0. The van der Waals surface area contributed by atoms with Crippen molar-refractivity contribution in [3.05, 3.63) is 74.9 Å². The highest BCUT2D eigenvalue weighted by molar-refractivity contribution is 9.10. The van der Waals surface area contributed by atoms with Crippen molar-refractivity contribution in [3.8, 4) is 11.4 Å². The molecule has 3 aromatic rings. The largest absolute Gasteiger partial charge is 0.477 e. The summed E-state index contributed by atoms with van der Waals surface area (Å²) in [6.45, 7) is 1.45. The molecular formula is C18H15BrN4O4. The van der Waals surface area contributed by atoms with Crippen molar-refractivity contribution in [1.29, 1.82) is 0 Å². The highest BCUT2D eigenvalue weighted by atomic mass is 79.9. The second-order valence-corrected chi connectivity index (χ2v) is 6.54. The van der Waals surface area contributed by atoms with Crippen molar-refractivity contribution in [3.63, 3.8) is 0 Å². The predicted octanol–water partition coefficient (Wildman–Crippen LogP) is 3.87. The summed E-state index contributed by atoms with van der Waals surface area (Å²) in [5, 5.41) is 18.1. The molecule has 1 heterocycles. The lowest BCUT2D eigenvalue weighted by atomic mass is 10.3. The molecule has 3 rings (SSSR count). The molecule has 0 unspecified atom stereocenters. The van der Waals surface area contributed by atoms with Crippen molar-refractivity contribution in [2.75, 3.05) is 11.9 Å². The van der Waals surface area contributed by atoms with Gasteiger partial charge in [0.2, 0.25) is 0 Å². The Morgan fingerprint density at radius 3 is 2.78 bits per heavy atom. The summed E-state index contributed by atoms with van der Waals surface area (Å²) in [6, 6.07) is 15.1. The summed E-state index contributed by atoms with van der Waals surface area (Å²) < 4.78 is 7.79. The zero-order valence-electron chi connectivity index (χ0n) is 14.3. The Labute approximate surface area is 163 Å². The number of benzene rings is 2. The molecule has 8 nitrogen and oxygen atoms in total. The fraction of sp³-hybridized carbons (Fsp3) is 0.111. The van der Waals surface area contributed by atoms with E-state index in [1.54, 1.807) is 16.8 Å². The number of ether oxygens (including phenoxy) is 1. The van der Waals surface area contributed by atoms with Crippen LogP contribution in [0.25, 0.3) is 5.69 Å². The molecule has 0 atom stereocenters. The van der Waals surface area contributed by atoms with Gasteiger partial charge in [-0.1, -0.05) is 34.1 Å². The zero-order valence-corrected chi connectivity index (χ0v) is 15.8.